The van der Waals surface area contributed by atoms with E-state index in [9.17, 15) is 0 Å². The van der Waals surface area contributed by atoms with Crippen LogP contribution >= 0.6 is 0 Å². The van der Waals surface area contributed by atoms with Crippen LogP contribution in [0.5, 0.6) is 0 Å². The van der Waals surface area contributed by atoms with E-state index in [0.717, 1.165) is 25.4 Å². The molecule has 4 rings (SSSR count). The molecular weight excluding hydrogens is 312 g/mol. The van der Waals surface area contributed by atoms with E-state index in [1.165, 1.54) is 43.6 Å². The Bertz CT molecular complexity index is 675. The Morgan fingerprint density at radius 2 is 1.96 bits per heavy atom. The maximum atomic E-state index is 5.93. The number of rotatable bonds is 5. The summed E-state index contributed by atoms with van der Waals surface area (Å²) in [4.78, 5) is 6.96. The molecule has 0 spiro atoms. The molecule has 0 saturated carbocycles. The van der Waals surface area contributed by atoms with Gasteiger partial charge in [0.25, 0.3) is 0 Å². The molecule has 0 amide bonds. The quantitative estimate of drug-likeness (QED) is 0.908. The van der Waals surface area contributed by atoms with Crippen LogP contribution in [0.25, 0.3) is 0 Å². The fraction of sp³-hybridized carbons (Fsp3) is 0.550. The SMILES string of the molecule is Cn1ccnc1[C@H]1OCC[C@@H]1NCc1ccc(N2CCCCC2)cc1. The Morgan fingerprint density at radius 3 is 2.68 bits per heavy atom. The van der Waals surface area contributed by atoms with E-state index in [2.05, 4.69) is 44.0 Å². The summed E-state index contributed by atoms with van der Waals surface area (Å²) in [6, 6.07) is 9.36. The molecule has 5 nitrogen and oxygen atoms in total. The molecule has 25 heavy (non-hydrogen) atoms. The van der Waals surface area contributed by atoms with Gasteiger partial charge >= 0.3 is 0 Å². The third kappa shape index (κ3) is 3.72. The number of nitrogens with zero attached hydrogens (tertiary/aromatic N) is 3. The summed E-state index contributed by atoms with van der Waals surface area (Å²) < 4.78 is 7.98. The minimum absolute atomic E-state index is 0.0487. The van der Waals surface area contributed by atoms with Gasteiger partial charge in [0, 0.05) is 57.4 Å². The number of anilines is 1. The molecule has 1 aromatic carbocycles. The van der Waals surface area contributed by atoms with Crippen molar-refractivity contribution in [2.45, 2.75) is 44.4 Å². The molecule has 134 valence electrons. The number of aryl methyl sites for hydroxylation is 1. The van der Waals surface area contributed by atoms with Crippen LogP contribution < -0.4 is 10.2 Å². The molecule has 5 heteroatoms. The Kier molecular flexibility index (Phi) is 5.04. The predicted molar refractivity (Wildman–Crippen MR) is 99.7 cm³/mol. The van der Waals surface area contributed by atoms with E-state index in [4.69, 9.17) is 4.74 Å². The molecule has 2 aliphatic heterocycles. The summed E-state index contributed by atoms with van der Waals surface area (Å²) in [6.07, 6.45) is 8.91. The lowest BCUT2D eigenvalue weighted by Crippen LogP contribution is -2.32. The number of imidazole rings is 1. The predicted octanol–water partition coefficient (Wildman–Crippen LogP) is 3.03. The summed E-state index contributed by atoms with van der Waals surface area (Å²) in [6.45, 7) is 4.06. The first-order valence-corrected chi connectivity index (χ1v) is 9.47. The highest BCUT2D eigenvalue weighted by atomic mass is 16.5. The van der Waals surface area contributed by atoms with Crippen molar-refractivity contribution in [3.05, 3.63) is 48.0 Å². The lowest BCUT2D eigenvalue weighted by molar-refractivity contribution is 0.0893. The molecule has 0 aliphatic carbocycles. The van der Waals surface area contributed by atoms with Crippen LogP contribution in [0.2, 0.25) is 0 Å². The number of piperidine rings is 1. The van der Waals surface area contributed by atoms with E-state index >= 15 is 0 Å². The van der Waals surface area contributed by atoms with Gasteiger partial charge in [0.05, 0.1) is 0 Å². The molecular formula is C20H28N4O. The van der Waals surface area contributed by atoms with Gasteiger partial charge in [0.2, 0.25) is 0 Å². The molecule has 2 fully saturated rings. The molecule has 1 N–H and O–H groups in total. The van der Waals surface area contributed by atoms with Gasteiger partial charge in [-0.3, -0.25) is 0 Å². The van der Waals surface area contributed by atoms with Crippen molar-refractivity contribution in [2.24, 2.45) is 7.05 Å². The molecule has 1 aromatic heterocycles. The summed E-state index contributed by atoms with van der Waals surface area (Å²) >= 11 is 0. The fourth-order valence-electron chi connectivity index (χ4n) is 3.93. The highest BCUT2D eigenvalue weighted by molar-refractivity contribution is 5.47. The van der Waals surface area contributed by atoms with Crippen molar-refractivity contribution in [3.8, 4) is 0 Å². The van der Waals surface area contributed by atoms with Crippen molar-refractivity contribution < 1.29 is 4.74 Å². The average molecular weight is 340 g/mol. The number of hydrogen-bond donors (Lipinski definition) is 1. The molecule has 0 radical (unpaired) electrons. The maximum Gasteiger partial charge on any atom is 0.139 e. The second-order valence-electron chi connectivity index (χ2n) is 7.18. The topological polar surface area (TPSA) is 42.3 Å². The first-order chi connectivity index (χ1) is 12.3. The molecule has 3 heterocycles. The lowest BCUT2D eigenvalue weighted by Gasteiger charge is -2.29. The Balaban J connectivity index is 1.35. The van der Waals surface area contributed by atoms with Crippen LogP contribution in [0.1, 0.15) is 43.2 Å². The van der Waals surface area contributed by atoms with E-state index in [1.54, 1.807) is 0 Å². The van der Waals surface area contributed by atoms with Crippen molar-refractivity contribution in [2.75, 3.05) is 24.6 Å². The van der Waals surface area contributed by atoms with Crippen LogP contribution in [-0.2, 0) is 18.3 Å². The van der Waals surface area contributed by atoms with Crippen molar-refractivity contribution in [3.63, 3.8) is 0 Å². The van der Waals surface area contributed by atoms with Gasteiger partial charge in [-0.25, -0.2) is 4.98 Å². The molecule has 2 atom stereocenters. The number of hydrogen-bond acceptors (Lipinski definition) is 4. The summed E-state index contributed by atoms with van der Waals surface area (Å²) in [5.41, 5.74) is 2.68. The largest absolute Gasteiger partial charge is 0.372 e. The van der Waals surface area contributed by atoms with Gasteiger partial charge in [-0.2, -0.15) is 0 Å². The monoisotopic (exact) mass is 340 g/mol. The molecule has 2 aromatic rings. The number of aromatic nitrogens is 2. The van der Waals surface area contributed by atoms with Crippen molar-refractivity contribution in [1.29, 1.82) is 0 Å². The van der Waals surface area contributed by atoms with E-state index in [-0.39, 0.29) is 6.10 Å². The Hall–Kier alpha value is -1.85. The van der Waals surface area contributed by atoms with Crippen LogP contribution in [0.4, 0.5) is 5.69 Å². The van der Waals surface area contributed by atoms with Gasteiger partial charge in [0.15, 0.2) is 0 Å². The zero-order chi connectivity index (χ0) is 17.1. The van der Waals surface area contributed by atoms with Gasteiger partial charge in [-0.1, -0.05) is 12.1 Å². The number of ether oxygens (including phenoxy) is 1. The third-order valence-corrected chi connectivity index (χ3v) is 5.43. The van der Waals surface area contributed by atoms with Crippen molar-refractivity contribution >= 4 is 5.69 Å². The van der Waals surface area contributed by atoms with E-state index < -0.39 is 0 Å². The maximum absolute atomic E-state index is 5.93. The molecule has 2 saturated heterocycles. The second kappa shape index (κ2) is 7.58. The Morgan fingerprint density at radius 1 is 1.16 bits per heavy atom. The zero-order valence-electron chi connectivity index (χ0n) is 15.0. The van der Waals surface area contributed by atoms with Gasteiger partial charge < -0.3 is 19.5 Å². The van der Waals surface area contributed by atoms with Crippen LogP contribution in [0, 0.1) is 0 Å². The van der Waals surface area contributed by atoms with Crippen LogP contribution in [-0.4, -0.2) is 35.3 Å². The smallest absolute Gasteiger partial charge is 0.139 e. The summed E-state index contributed by atoms with van der Waals surface area (Å²) in [5, 5.41) is 3.67. The first kappa shape index (κ1) is 16.6. The highest BCUT2D eigenvalue weighted by Gasteiger charge is 2.31. The second-order valence-corrected chi connectivity index (χ2v) is 7.18. The van der Waals surface area contributed by atoms with E-state index in [1.807, 2.05) is 19.4 Å². The van der Waals surface area contributed by atoms with Crippen LogP contribution in [0.15, 0.2) is 36.7 Å². The van der Waals surface area contributed by atoms with Gasteiger partial charge in [-0.15, -0.1) is 0 Å². The first-order valence-electron chi connectivity index (χ1n) is 9.47. The minimum Gasteiger partial charge on any atom is -0.372 e. The standard InChI is InChI=1S/C20H28N4O/c1-23-13-10-21-20(23)19-18(9-14-25-19)22-15-16-5-7-17(8-6-16)24-11-3-2-4-12-24/h5-8,10,13,18-19,22H,2-4,9,11-12,14-15H2,1H3/t18-,19-/m0/s1. The third-order valence-electron chi connectivity index (χ3n) is 5.43. The van der Waals surface area contributed by atoms with Crippen LogP contribution in [0.3, 0.4) is 0 Å². The molecule has 0 unspecified atom stereocenters. The van der Waals surface area contributed by atoms with Gasteiger partial charge in [-0.05, 0) is 43.4 Å². The van der Waals surface area contributed by atoms with Crippen molar-refractivity contribution in [1.82, 2.24) is 14.9 Å². The minimum atomic E-state index is 0.0487. The zero-order valence-corrected chi connectivity index (χ0v) is 15.0. The van der Waals surface area contributed by atoms with Gasteiger partial charge in [0.1, 0.15) is 11.9 Å². The number of benzene rings is 1. The average Bonchev–Trinajstić information content (AvgIpc) is 3.29. The molecule has 0 bridgehead atoms. The fourth-order valence-corrected chi connectivity index (χ4v) is 3.93. The van der Waals surface area contributed by atoms with E-state index in [0.29, 0.717) is 6.04 Å². The summed E-state index contributed by atoms with van der Waals surface area (Å²) in [7, 11) is 2.03. The highest BCUT2D eigenvalue weighted by Crippen LogP contribution is 2.28. The lowest BCUT2D eigenvalue weighted by atomic mass is 10.1. The normalized spacial score (nSPS) is 24.0. The summed E-state index contributed by atoms with van der Waals surface area (Å²) in [5.74, 6) is 1.01. The Labute approximate surface area is 150 Å². The number of nitrogens with one attached hydrogen (secondary N) is 1. The molecule has 2 aliphatic rings.